The number of ether oxygens (including phenoxy) is 1. The van der Waals surface area contributed by atoms with Crippen molar-refractivity contribution >= 4 is 0 Å². The van der Waals surface area contributed by atoms with Gasteiger partial charge in [0.05, 0.1) is 6.61 Å². The fraction of sp³-hybridized carbons (Fsp3) is 1.00. The van der Waals surface area contributed by atoms with E-state index in [0.717, 1.165) is 26.3 Å². The Morgan fingerprint density at radius 1 is 1.39 bits per heavy atom. The normalized spacial score (nSPS) is 26.5. The van der Waals surface area contributed by atoms with E-state index >= 15 is 0 Å². The lowest BCUT2D eigenvalue weighted by Crippen LogP contribution is -2.41. The molecule has 0 aromatic rings. The molecule has 0 aromatic heterocycles. The summed E-state index contributed by atoms with van der Waals surface area (Å²) in [5, 5.41) is 3.67. The van der Waals surface area contributed by atoms with Crippen LogP contribution in [0.4, 0.5) is 0 Å². The first-order chi connectivity index (χ1) is 8.63. The van der Waals surface area contributed by atoms with Gasteiger partial charge in [-0.25, -0.2) is 0 Å². The van der Waals surface area contributed by atoms with Crippen LogP contribution >= 0.6 is 0 Å². The average molecular weight is 256 g/mol. The van der Waals surface area contributed by atoms with Gasteiger partial charge in [0.1, 0.15) is 0 Å². The van der Waals surface area contributed by atoms with Crippen LogP contribution < -0.4 is 5.32 Å². The van der Waals surface area contributed by atoms with Gasteiger partial charge in [0.15, 0.2) is 0 Å². The number of nitrogens with one attached hydrogen (secondary N) is 1. The minimum atomic E-state index is 0.640. The molecule has 0 aliphatic carbocycles. The molecule has 0 amide bonds. The van der Waals surface area contributed by atoms with Gasteiger partial charge in [-0.15, -0.1) is 0 Å². The largest absolute Gasteiger partial charge is 0.380 e. The van der Waals surface area contributed by atoms with Crippen molar-refractivity contribution in [2.45, 2.75) is 59.0 Å². The molecule has 1 aliphatic heterocycles. The Morgan fingerprint density at radius 2 is 2.17 bits per heavy atom. The van der Waals surface area contributed by atoms with Gasteiger partial charge >= 0.3 is 0 Å². The van der Waals surface area contributed by atoms with E-state index in [1.54, 1.807) is 0 Å². The van der Waals surface area contributed by atoms with Gasteiger partial charge in [-0.3, -0.25) is 4.90 Å². The van der Waals surface area contributed by atoms with Crippen molar-refractivity contribution in [2.75, 3.05) is 32.8 Å². The van der Waals surface area contributed by atoms with Crippen LogP contribution in [-0.2, 0) is 4.74 Å². The van der Waals surface area contributed by atoms with Gasteiger partial charge in [-0.05, 0) is 32.2 Å². The van der Waals surface area contributed by atoms with E-state index in [1.807, 2.05) is 0 Å². The number of rotatable bonds is 7. The van der Waals surface area contributed by atoms with Gasteiger partial charge in [0.2, 0.25) is 0 Å². The van der Waals surface area contributed by atoms with Crippen molar-refractivity contribution in [3.05, 3.63) is 0 Å². The molecule has 1 saturated heterocycles. The third kappa shape index (κ3) is 6.17. The first-order valence-electron chi connectivity index (χ1n) is 7.68. The summed E-state index contributed by atoms with van der Waals surface area (Å²) in [6.07, 6.45) is 3.81. The molecule has 1 heterocycles. The second kappa shape index (κ2) is 8.89. The quantitative estimate of drug-likeness (QED) is 0.708. The molecule has 2 atom stereocenters. The predicted molar refractivity (Wildman–Crippen MR) is 78.0 cm³/mol. The van der Waals surface area contributed by atoms with Gasteiger partial charge in [0, 0.05) is 31.8 Å². The smallest absolute Gasteiger partial charge is 0.0593 e. The van der Waals surface area contributed by atoms with E-state index in [1.165, 1.54) is 25.8 Å². The highest BCUT2D eigenvalue weighted by atomic mass is 16.5. The summed E-state index contributed by atoms with van der Waals surface area (Å²) in [6.45, 7) is 14.2. The zero-order valence-electron chi connectivity index (χ0n) is 12.7. The molecular formula is C15H32N2O. The lowest BCUT2D eigenvalue weighted by atomic mass is 10.1. The van der Waals surface area contributed by atoms with Crippen molar-refractivity contribution in [1.82, 2.24) is 10.2 Å². The van der Waals surface area contributed by atoms with Crippen LogP contribution in [0.2, 0.25) is 0 Å². The second-order valence-electron chi connectivity index (χ2n) is 6.04. The van der Waals surface area contributed by atoms with E-state index in [-0.39, 0.29) is 0 Å². The van der Waals surface area contributed by atoms with Crippen molar-refractivity contribution in [3.8, 4) is 0 Å². The maximum absolute atomic E-state index is 5.72. The summed E-state index contributed by atoms with van der Waals surface area (Å²) in [5.74, 6) is 0.640. The summed E-state index contributed by atoms with van der Waals surface area (Å²) in [6, 6.07) is 1.35. The van der Waals surface area contributed by atoms with Crippen LogP contribution in [0, 0.1) is 5.92 Å². The zero-order chi connectivity index (χ0) is 13.4. The lowest BCUT2D eigenvalue weighted by molar-refractivity contribution is 0.0734. The van der Waals surface area contributed by atoms with Crippen molar-refractivity contribution < 1.29 is 4.74 Å². The van der Waals surface area contributed by atoms with E-state index < -0.39 is 0 Å². The van der Waals surface area contributed by atoms with E-state index in [9.17, 15) is 0 Å². The Morgan fingerprint density at radius 3 is 2.83 bits per heavy atom. The molecule has 3 nitrogen and oxygen atoms in total. The molecule has 0 radical (unpaired) electrons. The molecule has 0 bridgehead atoms. The summed E-state index contributed by atoms with van der Waals surface area (Å²) in [7, 11) is 0. The van der Waals surface area contributed by atoms with Crippen molar-refractivity contribution in [2.24, 2.45) is 5.92 Å². The average Bonchev–Trinajstić information content (AvgIpc) is 2.48. The summed E-state index contributed by atoms with van der Waals surface area (Å²) >= 11 is 0. The summed E-state index contributed by atoms with van der Waals surface area (Å²) < 4.78 is 5.72. The SMILES string of the molecule is CCCC1CN(CCOCC(C)C)C(C)CCN1. The Kier molecular flexibility index (Phi) is 7.87. The summed E-state index contributed by atoms with van der Waals surface area (Å²) in [4.78, 5) is 2.60. The minimum Gasteiger partial charge on any atom is -0.380 e. The fourth-order valence-corrected chi connectivity index (χ4v) is 2.56. The van der Waals surface area contributed by atoms with Crippen molar-refractivity contribution in [1.29, 1.82) is 0 Å². The van der Waals surface area contributed by atoms with Crippen LogP contribution in [0.15, 0.2) is 0 Å². The number of hydrogen-bond donors (Lipinski definition) is 1. The molecule has 0 saturated carbocycles. The molecular weight excluding hydrogens is 224 g/mol. The Bertz CT molecular complexity index is 209. The topological polar surface area (TPSA) is 24.5 Å². The Hall–Kier alpha value is -0.120. The monoisotopic (exact) mass is 256 g/mol. The maximum atomic E-state index is 5.72. The second-order valence-corrected chi connectivity index (χ2v) is 6.04. The zero-order valence-corrected chi connectivity index (χ0v) is 12.7. The van der Waals surface area contributed by atoms with Crippen molar-refractivity contribution in [3.63, 3.8) is 0 Å². The standard InChI is InChI=1S/C15H32N2O/c1-5-6-15-11-17(14(4)7-8-16-15)9-10-18-12-13(2)3/h13-16H,5-12H2,1-4H3. The molecule has 108 valence electrons. The third-order valence-electron chi connectivity index (χ3n) is 3.68. The maximum Gasteiger partial charge on any atom is 0.0593 e. The molecule has 1 fully saturated rings. The minimum absolute atomic E-state index is 0.640. The number of nitrogens with zero attached hydrogens (tertiary/aromatic N) is 1. The molecule has 1 N–H and O–H groups in total. The first kappa shape index (κ1) is 15.9. The molecule has 3 heteroatoms. The van der Waals surface area contributed by atoms with Crippen LogP contribution in [0.1, 0.15) is 47.0 Å². The first-order valence-corrected chi connectivity index (χ1v) is 7.68. The molecule has 1 aliphatic rings. The highest BCUT2D eigenvalue weighted by molar-refractivity contribution is 4.80. The van der Waals surface area contributed by atoms with Gasteiger partial charge < -0.3 is 10.1 Å². The lowest BCUT2D eigenvalue weighted by Gasteiger charge is -2.29. The molecule has 1 rings (SSSR count). The van der Waals surface area contributed by atoms with Gasteiger partial charge in [-0.1, -0.05) is 27.2 Å². The van der Waals surface area contributed by atoms with E-state index in [4.69, 9.17) is 4.74 Å². The molecule has 0 spiro atoms. The van der Waals surface area contributed by atoms with Crippen LogP contribution in [0.3, 0.4) is 0 Å². The van der Waals surface area contributed by atoms with E-state index in [0.29, 0.717) is 18.0 Å². The Balaban J connectivity index is 2.30. The van der Waals surface area contributed by atoms with Gasteiger partial charge in [-0.2, -0.15) is 0 Å². The molecule has 0 aromatic carbocycles. The summed E-state index contributed by atoms with van der Waals surface area (Å²) in [5.41, 5.74) is 0. The van der Waals surface area contributed by atoms with Gasteiger partial charge in [0.25, 0.3) is 0 Å². The van der Waals surface area contributed by atoms with E-state index in [2.05, 4.69) is 37.9 Å². The molecule has 18 heavy (non-hydrogen) atoms. The van der Waals surface area contributed by atoms with Crippen LogP contribution in [0.25, 0.3) is 0 Å². The predicted octanol–water partition coefficient (Wildman–Crippen LogP) is 2.51. The Labute approximate surface area is 113 Å². The number of hydrogen-bond acceptors (Lipinski definition) is 3. The highest BCUT2D eigenvalue weighted by Gasteiger charge is 2.21. The highest BCUT2D eigenvalue weighted by Crippen LogP contribution is 2.11. The van der Waals surface area contributed by atoms with Crippen LogP contribution in [-0.4, -0.2) is 49.8 Å². The third-order valence-corrected chi connectivity index (χ3v) is 3.68. The van der Waals surface area contributed by atoms with Crippen LogP contribution in [0.5, 0.6) is 0 Å². The fourth-order valence-electron chi connectivity index (χ4n) is 2.56. The molecule has 2 unspecified atom stereocenters.